The molecular formula is C96H116F2N6O18S2. The zero-order chi connectivity index (χ0) is 88.4. The van der Waals surface area contributed by atoms with E-state index in [1.165, 1.54) is 34.1 Å². The highest BCUT2D eigenvalue weighted by Crippen LogP contribution is 2.60. The zero-order valence-electron chi connectivity index (χ0n) is 72.6. The molecule has 4 amide bonds. The number of amides is 4. The van der Waals surface area contributed by atoms with Crippen molar-refractivity contribution in [3.05, 3.63) is 133 Å². The van der Waals surface area contributed by atoms with E-state index in [0.717, 1.165) is 49.3 Å². The number of benzene rings is 4. The molecule has 8 fully saturated rings. The first-order valence-corrected chi connectivity index (χ1v) is 47.1. The van der Waals surface area contributed by atoms with E-state index in [9.17, 15) is 54.4 Å². The number of pyridine rings is 2. The summed E-state index contributed by atoms with van der Waals surface area (Å²) in [4.78, 5) is 128. The van der Waals surface area contributed by atoms with Crippen LogP contribution in [0, 0.1) is 80.6 Å². The van der Waals surface area contributed by atoms with Gasteiger partial charge in [-0.15, -0.1) is 0 Å². The Kier molecular flexibility index (Phi) is 25.1. The van der Waals surface area contributed by atoms with Crippen molar-refractivity contribution in [2.24, 2.45) is 69.0 Å². The number of ether oxygens (including phenoxy) is 6. The normalized spacial score (nSPS) is 29.6. The third-order valence-electron chi connectivity index (χ3n) is 28.6. The third-order valence-corrected chi connectivity index (χ3v) is 32.9. The molecule has 2 saturated heterocycles. The van der Waals surface area contributed by atoms with Gasteiger partial charge in [-0.25, -0.2) is 35.6 Å². The van der Waals surface area contributed by atoms with Crippen LogP contribution in [0.4, 0.5) is 8.78 Å². The summed E-state index contributed by atoms with van der Waals surface area (Å²) in [7, 11) is -4.84. The molecule has 14 atom stereocenters. The Balaban J connectivity index is 0.000000192. The first-order chi connectivity index (χ1) is 58.8. The second-order valence-electron chi connectivity index (χ2n) is 39.0. The number of ketones is 2. The molecule has 4 aliphatic heterocycles. The number of methoxy groups -OCH3 is 2. The number of rotatable bonds is 22. The van der Waals surface area contributed by atoms with Crippen LogP contribution in [-0.4, -0.2) is 158 Å². The van der Waals surface area contributed by atoms with Crippen LogP contribution in [0.5, 0.6) is 23.3 Å². The van der Waals surface area contributed by atoms with Gasteiger partial charge in [0.2, 0.25) is 55.4 Å². The van der Waals surface area contributed by atoms with Crippen molar-refractivity contribution < 1.29 is 92.4 Å². The van der Waals surface area contributed by atoms with Gasteiger partial charge in [0.25, 0.3) is 0 Å². The predicted molar refractivity (Wildman–Crippen MR) is 462 cm³/mol. The van der Waals surface area contributed by atoms with Crippen molar-refractivity contribution >= 4 is 88.7 Å². The van der Waals surface area contributed by atoms with Gasteiger partial charge in [0.1, 0.15) is 35.3 Å². The summed E-state index contributed by atoms with van der Waals surface area (Å²) in [6.45, 7) is 16.1. The standard InChI is InChI=1S/2C48H58FN3O9S/c2*1-29-8-6-7-9-33-25-48(33,45(56)51-62(57,58)47(4)18-19-47)26-41(53)40-23-36(27-52(40)44(55)38(30(2)20-29)24-42(54)60-28-46(3)16-17-46)61-43-37-15-14-35(59-5)21-32(37)22-39(50-43)31-10-12-34(49)13-11-31/h2*7,9-15,21-22,29-30,33,36,38,40H,6,8,16-20,23-28H2,1-5H3,(H,51,56)/b2*9-7-/t29-,30+,33+,36+,38-,40-,48+;29-,30-,33-,36-,38+,40+,48-/m01/s1. The lowest BCUT2D eigenvalue weighted by Gasteiger charge is -2.32. The van der Waals surface area contributed by atoms with Crippen LogP contribution in [0.2, 0.25) is 0 Å². The van der Waals surface area contributed by atoms with E-state index in [4.69, 9.17) is 38.4 Å². The first kappa shape index (κ1) is 89.1. The highest BCUT2D eigenvalue weighted by Gasteiger charge is 2.65. The Morgan fingerprint density at radius 1 is 0.500 bits per heavy atom. The molecule has 6 heterocycles. The monoisotopic (exact) mass is 1740 g/mol. The lowest BCUT2D eigenvalue weighted by atomic mass is 9.82. The van der Waals surface area contributed by atoms with E-state index in [1.54, 1.807) is 64.5 Å². The molecule has 6 saturated carbocycles. The van der Waals surface area contributed by atoms with Crippen molar-refractivity contribution in [1.82, 2.24) is 29.2 Å². The molecule has 124 heavy (non-hydrogen) atoms. The van der Waals surface area contributed by atoms with Gasteiger partial charge >= 0.3 is 11.9 Å². The molecule has 2 aromatic heterocycles. The number of hydrogen-bond donors (Lipinski definition) is 2. The minimum absolute atomic E-state index is 0.00347. The van der Waals surface area contributed by atoms with Gasteiger partial charge < -0.3 is 38.2 Å². The SMILES string of the molecule is COc1ccc2c(O[C@@H]3C[C@H]4C(=O)C[C@]5(C(=O)NS(=O)(=O)C6(C)CC6)C[C@H]5/C=C\CC[C@@H](C)C[C@@H](C)[C@H](CC(=O)OCC5(C)CC5)C(=O)N4C3)nc(-c3ccc(F)cc3)cc2c1.COc1ccc2c(O[C@@H]3C[C@H]4C(=O)C[C@]5(C(=O)NS(=O)(=O)C6(C)CC6)C[C@H]5/C=C\CC[C@H](C)C[C@@H](C)[C@H](CC(=O)OCC5(C)CC5)C(=O)N4C3)nc(-c3ccc(F)cc3)cc2c1. The summed E-state index contributed by atoms with van der Waals surface area (Å²) in [5, 5.41) is 2.79. The number of carbonyl (C=O) groups excluding carboxylic acids is 8. The minimum Gasteiger partial charge on any atom is -0.497 e. The number of aromatic nitrogens is 2. The van der Waals surface area contributed by atoms with Gasteiger partial charge in [-0.05, 0) is 260 Å². The van der Waals surface area contributed by atoms with Gasteiger partial charge in [0, 0.05) is 58.4 Å². The fourth-order valence-electron chi connectivity index (χ4n) is 18.6. The molecule has 28 heteroatoms. The molecule has 24 nitrogen and oxygen atoms in total. The Labute approximate surface area is 725 Å². The Hall–Kier alpha value is -9.70. The molecule has 0 radical (unpaired) electrons. The number of nitrogens with zero attached hydrogens (tertiary/aromatic N) is 4. The molecule has 0 bridgehead atoms. The largest absolute Gasteiger partial charge is 0.497 e. The van der Waals surface area contributed by atoms with E-state index in [0.29, 0.717) is 109 Å². The highest BCUT2D eigenvalue weighted by atomic mass is 32.2. The van der Waals surface area contributed by atoms with E-state index >= 15 is 9.59 Å². The summed E-state index contributed by atoms with van der Waals surface area (Å²) in [6, 6.07) is 24.4. The van der Waals surface area contributed by atoms with Crippen LogP contribution in [0.3, 0.4) is 0 Å². The van der Waals surface area contributed by atoms with Crippen molar-refractivity contribution in [2.75, 3.05) is 40.5 Å². The highest BCUT2D eigenvalue weighted by molar-refractivity contribution is 7.92. The predicted octanol–water partition coefficient (Wildman–Crippen LogP) is 15.4. The van der Waals surface area contributed by atoms with E-state index in [1.807, 2.05) is 74.5 Å². The summed E-state index contributed by atoms with van der Waals surface area (Å²) in [5.41, 5.74) is -0.371. The number of fused-ring (bicyclic) bond motifs is 6. The van der Waals surface area contributed by atoms with E-state index in [-0.39, 0.29) is 146 Å². The first-order valence-electron chi connectivity index (χ1n) is 44.1. The van der Waals surface area contributed by atoms with Crippen molar-refractivity contribution in [3.8, 4) is 45.8 Å². The third kappa shape index (κ3) is 19.6. The molecule has 6 aliphatic carbocycles. The summed E-state index contributed by atoms with van der Waals surface area (Å²) < 4.78 is 120. The number of nitrogens with one attached hydrogen (secondary N) is 2. The van der Waals surface area contributed by atoms with Crippen LogP contribution in [0.1, 0.15) is 197 Å². The number of hydrogen-bond acceptors (Lipinski definition) is 20. The number of carbonyl (C=O) groups is 8. The van der Waals surface area contributed by atoms with Crippen LogP contribution < -0.4 is 28.4 Å². The van der Waals surface area contributed by atoms with Gasteiger partial charge in [0.15, 0.2) is 11.6 Å². The van der Waals surface area contributed by atoms with Gasteiger partial charge in [-0.3, -0.25) is 47.8 Å². The Morgan fingerprint density at radius 2 is 0.871 bits per heavy atom. The minimum atomic E-state index is -3.99. The lowest BCUT2D eigenvalue weighted by molar-refractivity contribution is -0.153. The maximum atomic E-state index is 15.1. The van der Waals surface area contributed by atoms with Crippen molar-refractivity contribution in [1.29, 1.82) is 0 Å². The number of sulfonamides is 2. The average molecular weight is 1740 g/mol. The number of Topliss-reactive ketones (excluding diaryl/α,β-unsaturated/α-hetero) is 2. The van der Waals surface area contributed by atoms with Crippen molar-refractivity contribution in [3.63, 3.8) is 0 Å². The van der Waals surface area contributed by atoms with E-state index < -0.39 is 112 Å². The summed E-state index contributed by atoms with van der Waals surface area (Å²) >= 11 is 0. The molecule has 2 N–H and O–H groups in total. The molecule has 6 aromatic rings. The van der Waals surface area contributed by atoms with Gasteiger partial charge in [-0.2, -0.15) is 0 Å². The number of allylic oxidation sites excluding steroid dienone is 4. The second kappa shape index (κ2) is 34.9. The quantitative estimate of drug-likeness (QED) is 0.0471. The topological polar surface area (TPSA) is 317 Å². The van der Waals surface area contributed by atoms with Crippen LogP contribution >= 0.6 is 0 Å². The molecule has 4 aromatic carbocycles. The number of halogens is 2. The smallest absolute Gasteiger partial charge is 0.306 e. The maximum absolute atomic E-state index is 15.1. The second-order valence-corrected chi connectivity index (χ2v) is 43.4. The molecule has 10 aliphatic rings. The molecule has 0 spiro atoms. The number of esters is 2. The fourth-order valence-corrected chi connectivity index (χ4v) is 21.2. The van der Waals surface area contributed by atoms with Gasteiger partial charge in [0.05, 0.1) is 109 Å². The average Bonchev–Trinajstić information content (AvgIpc) is 1.56. The zero-order valence-corrected chi connectivity index (χ0v) is 74.2. The fraction of sp³-hybridized carbons (Fsp3) is 0.562. The Bertz CT molecular complexity index is 5120. The molecule has 0 unspecified atom stereocenters. The van der Waals surface area contributed by atoms with E-state index in [2.05, 4.69) is 37.1 Å². The van der Waals surface area contributed by atoms with Gasteiger partial charge in [-0.1, -0.05) is 65.8 Å². The van der Waals surface area contributed by atoms with Crippen molar-refractivity contribution in [2.45, 2.75) is 230 Å². The lowest BCUT2D eigenvalue weighted by Crippen LogP contribution is -2.48. The van der Waals surface area contributed by atoms with Crippen LogP contribution in [0.25, 0.3) is 44.1 Å². The molecular weight excluding hydrogens is 1630 g/mol. The van der Waals surface area contributed by atoms with Crippen LogP contribution in [-0.2, 0) is 67.9 Å². The molecule has 664 valence electrons. The summed E-state index contributed by atoms with van der Waals surface area (Å²) in [6.07, 6.45) is 16.3. The van der Waals surface area contributed by atoms with Crippen LogP contribution in [0.15, 0.2) is 121 Å². The maximum Gasteiger partial charge on any atom is 0.306 e. The Morgan fingerprint density at radius 3 is 1.22 bits per heavy atom. The summed E-state index contributed by atoms with van der Waals surface area (Å²) in [5.74, 6) is -5.31. The molecule has 16 rings (SSSR count).